The number of nitrogens with zero attached hydrogens (tertiary/aromatic N) is 2. The Kier molecular flexibility index (Phi) is 8.22. The summed E-state index contributed by atoms with van der Waals surface area (Å²) < 4.78 is 61.5. The van der Waals surface area contributed by atoms with E-state index in [0.29, 0.717) is 0 Å². The molecule has 0 spiro atoms. The van der Waals surface area contributed by atoms with Gasteiger partial charge in [-0.05, 0) is 6.92 Å². The van der Waals surface area contributed by atoms with Crippen LogP contribution in [0.2, 0.25) is 0 Å². The SMILES string of the molecule is [2H]C1OC(n2cc(C)c(=O)n(CCOCCNC(=O)C(F)(F)F)c2=O)CC1O.[3H]OC. The van der Waals surface area contributed by atoms with Crippen LogP contribution in [0.25, 0.3) is 0 Å². The molecule has 0 aliphatic carbocycles. The maximum atomic E-state index is 12.5. The molecule has 0 aromatic carbocycles. The number of hydrogen-bond acceptors (Lipinski definition) is 7. The molecule has 10 nitrogen and oxygen atoms in total. The molecule has 3 atom stereocenters. The fourth-order valence-corrected chi connectivity index (χ4v) is 2.43. The van der Waals surface area contributed by atoms with E-state index in [2.05, 4.69) is 5.11 Å². The number of carbonyl (C=O) groups excluding carboxylic acids is 1. The monoisotopic (exact) mass is 430 g/mol. The molecular formula is C16H24F3N3O7. The summed E-state index contributed by atoms with van der Waals surface area (Å²) in [4.78, 5) is 35.3. The highest BCUT2D eigenvalue weighted by atomic mass is 19.4. The second-order valence-electron chi connectivity index (χ2n) is 5.85. The smallest absolute Gasteiger partial charge is 0.400 e. The van der Waals surface area contributed by atoms with Gasteiger partial charge in [-0.1, -0.05) is 0 Å². The van der Waals surface area contributed by atoms with Crippen LogP contribution in [0.4, 0.5) is 13.2 Å². The Morgan fingerprint density at radius 3 is 2.72 bits per heavy atom. The Morgan fingerprint density at radius 2 is 2.17 bits per heavy atom. The minimum absolute atomic E-state index is 0.0150. The standard InChI is InChI=1S/C15H20F3N3O6.CH4O/c1-9-7-21(11-6-10(22)8-27-11)14(25)20(12(9)23)3-5-26-4-2-19-13(24)15(16,17)18;1-2/h7,10-11,22H,2-6,8H2,1H3,(H,19,24);2H,1H3/i8D;2T. The van der Waals surface area contributed by atoms with Crippen LogP contribution in [0.15, 0.2) is 15.8 Å². The number of carbonyl (C=O) groups is 1. The molecule has 2 heterocycles. The maximum Gasteiger partial charge on any atom is 0.471 e. The first-order valence-corrected chi connectivity index (χ1v) is 8.44. The van der Waals surface area contributed by atoms with E-state index in [4.69, 9.17) is 12.3 Å². The van der Waals surface area contributed by atoms with E-state index in [-0.39, 0.29) is 38.3 Å². The van der Waals surface area contributed by atoms with Crippen molar-refractivity contribution in [3.05, 3.63) is 32.6 Å². The van der Waals surface area contributed by atoms with Gasteiger partial charge in [0.2, 0.25) is 1.43 Å². The quantitative estimate of drug-likeness (QED) is 0.468. The van der Waals surface area contributed by atoms with Crippen molar-refractivity contribution in [1.29, 1.82) is 1.43 Å². The number of amides is 1. The van der Waals surface area contributed by atoms with E-state index in [9.17, 15) is 32.7 Å². The van der Waals surface area contributed by atoms with Crippen LogP contribution in [0, 0.1) is 6.92 Å². The third-order valence-corrected chi connectivity index (χ3v) is 3.76. The zero-order valence-corrected chi connectivity index (χ0v) is 15.8. The van der Waals surface area contributed by atoms with Gasteiger partial charge in [0.1, 0.15) is 6.23 Å². The van der Waals surface area contributed by atoms with Gasteiger partial charge in [-0.15, -0.1) is 0 Å². The largest absolute Gasteiger partial charge is 0.471 e. The lowest BCUT2D eigenvalue weighted by molar-refractivity contribution is -0.173. The van der Waals surface area contributed by atoms with Crippen LogP contribution in [0.5, 0.6) is 0 Å². The lowest BCUT2D eigenvalue weighted by Crippen LogP contribution is -2.43. The first kappa shape index (κ1) is 21.5. The molecule has 29 heavy (non-hydrogen) atoms. The fraction of sp³-hybridized carbons (Fsp3) is 0.688. The number of aliphatic hydroxyl groups is 2. The number of ether oxygens (including phenoxy) is 2. The van der Waals surface area contributed by atoms with Gasteiger partial charge in [-0.2, -0.15) is 13.2 Å². The molecule has 0 saturated carbocycles. The predicted octanol–water partition coefficient (Wildman–Crippen LogP) is -1.10. The second-order valence-corrected chi connectivity index (χ2v) is 5.85. The van der Waals surface area contributed by atoms with E-state index in [1.54, 1.807) is 5.32 Å². The average molecular weight is 430 g/mol. The van der Waals surface area contributed by atoms with Crippen molar-refractivity contribution >= 4 is 5.91 Å². The molecule has 1 amide bonds. The summed E-state index contributed by atoms with van der Waals surface area (Å²) >= 11 is 0. The molecule has 1 aliphatic rings. The summed E-state index contributed by atoms with van der Waals surface area (Å²) in [5.74, 6) is -2.08. The molecule has 3 N–H and O–H groups in total. The minimum Gasteiger partial charge on any atom is -0.400 e. The Hall–Kier alpha value is -2.22. The van der Waals surface area contributed by atoms with E-state index in [1.807, 2.05) is 0 Å². The van der Waals surface area contributed by atoms with Crippen LogP contribution in [-0.4, -0.2) is 72.4 Å². The average Bonchev–Trinajstić information content (AvgIpc) is 3.01. The summed E-state index contributed by atoms with van der Waals surface area (Å²) in [6.45, 7) is -0.681. The van der Waals surface area contributed by atoms with Crippen LogP contribution in [0.3, 0.4) is 0 Å². The van der Waals surface area contributed by atoms with Gasteiger partial charge in [0.05, 0.1) is 33.8 Å². The van der Waals surface area contributed by atoms with Gasteiger partial charge < -0.3 is 25.0 Å². The number of hydrogen-bond donors (Lipinski definition) is 3. The summed E-state index contributed by atoms with van der Waals surface area (Å²) in [6.07, 6.45) is -5.64. The minimum atomic E-state index is -4.98. The van der Waals surface area contributed by atoms with E-state index in [1.165, 1.54) is 20.2 Å². The van der Waals surface area contributed by atoms with Crippen LogP contribution in [-0.2, 0) is 20.8 Å². The molecule has 1 aromatic heterocycles. The molecule has 2 rings (SSSR count). The second kappa shape index (κ2) is 11.1. The summed E-state index contributed by atoms with van der Waals surface area (Å²) in [5.41, 5.74) is -1.07. The first-order chi connectivity index (χ1) is 14.4. The number of aromatic nitrogens is 2. The highest BCUT2D eigenvalue weighted by Crippen LogP contribution is 2.21. The van der Waals surface area contributed by atoms with Gasteiger partial charge in [0.25, 0.3) is 5.56 Å². The molecule has 1 saturated heterocycles. The van der Waals surface area contributed by atoms with Gasteiger partial charge >= 0.3 is 17.8 Å². The summed E-state index contributed by atoms with van der Waals surface area (Å²) in [6, 6.07) is 0. The Bertz CT molecular complexity index is 837. The highest BCUT2D eigenvalue weighted by molar-refractivity contribution is 5.81. The van der Waals surface area contributed by atoms with Crippen LogP contribution >= 0.6 is 0 Å². The van der Waals surface area contributed by atoms with Crippen molar-refractivity contribution in [2.24, 2.45) is 0 Å². The van der Waals surface area contributed by atoms with Gasteiger partial charge in [0, 0.05) is 31.8 Å². The van der Waals surface area contributed by atoms with Gasteiger partial charge in [0.15, 0.2) is 0 Å². The number of halogens is 3. The fourth-order valence-electron chi connectivity index (χ4n) is 2.43. The van der Waals surface area contributed by atoms with E-state index in [0.717, 1.165) is 9.13 Å². The molecule has 1 aromatic rings. The topological polar surface area (TPSA) is 132 Å². The molecule has 166 valence electrons. The van der Waals surface area contributed by atoms with E-state index < -0.39 is 42.2 Å². The van der Waals surface area contributed by atoms with Gasteiger partial charge in [-0.3, -0.25) is 18.7 Å². The van der Waals surface area contributed by atoms with Crippen molar-refractivity contribution in [2.75, 3.05) is 33.5 Å². The number of alkyl halides is 3. The Balaban J connectivity index is 0.00000151. The lowest BCUT2D eigenvalue weighted by Gasteiger charge is -2.16. The molecule has 1 aliphatic heterocycles. The highest BCUT2D eigenvalue weighted by Gasteiger charge is 2.38. The molecule has 0 bridgehead atoms. The zero-order valence-electron chi connectivity index (χ0n) is 17.8. The van der Waals surface area contributed by atoms with Crippen molar-refractivity contribution in [2.45, 2.75) is 38.4 Å². The number of nitrogens with one attached hydrogen (secondary N) is 1. The van der Waals surface area contributed by atoms with Gasteiger partial charge in [-0.25, -0.2) is 4.79 Å². The number of aryl methyl sites for hydroxylation is 1. The van der Waals surface area contributed by atoms with Crippen LogP contribution < -0.4 is 16.6 Å². The Morgan fingerprint density at radius 1 is 1.52 bits per heavy atom. The third-order valence-electron chi connectivity index (χ3n) is 3.76. The molecule has 3 unspecified atom stereocenters. The number of rotatable bonds is 7. The maximum absolute atomic E-state index is 12.5. The Labute approximate surface area is 166 Å². The summed E-state index contributed by atoms with van der Waals surface area (Å²) in [7, 11) is 1.29. The lowest BCUT2D eigenvalue weighted by atomic mass is 10.3. The van der Waals surface area contributed by atoms with Crippen molar-refractivity contribution in [3.63, 3.8) is 0 Å². The molecule has 0 radical (unpaired) electrons. The van der Waals surface area contributed by atoms with Crippen molar-refractivity contribution < 1.29 is 39.0 Å². The molecular weight excluding hydrogens is 403 g/mol. The first-order valence-electron chi connectivity index (χ1n) is 9.43. The van der Waals surface area contributed by atoms with Crippen LogP contribution in [0.1, 0.15) is 19.6 Å². The predicted molar refractivity (Wildman–Crippen MR) is 93.3 cm³/mol. The third kappa shape index (κ3) is 6.96. The normalized spacial score (nSPS) is 22.3. The molecule has 1 fully saturated rings. The van der Waals surface area contributed by atoms with E-state index >= 15 is 0 Å². The van der Waals surface area contributed by atoms with Crippen molar-refractivity contribution in [3.8, 4) is 0 Å². The van der Waals surface area contributed by atoms with Crippen molar-refractivity contribution in [1.82, 2.24) is 14.5 Å². The molecule has 13 heteroatoms. The number of aliphatic hydroxyl groups excluding tert-OH is 2. The summed E-state index contributed by atoms with van der Waals surface area (Å²) in [5, 5.41) is 14.7. The zero-order chi connectivity index (χ0) is 23.8.